The molecular formula is C9H13NO2. The van der Waals surface area contributed by atoms with Crippen LogP contribution in [0.3, 0.4) is 0 Å². The van der Waals surface area contributed by atoms with Crippen molar-refractivity contribution in [3.05, 3.63) is 23.4 Å². The van der Waals surface area contributed by atoms with E-state index in [4.69, 9.17) is 5.73 Å². The summed E-state index contributed by atoms with van der Waals surface area (Å²) in [7, 11) is 1.38. The Bertz CT molecular complexity index is 241. The van der Waals surface area contributed by atoms with Gasteiger partial charge in [-0.3, -0.25) is 4.79 Å². The van der Waals surface area contributed by atoms with E-state index in [9.17, 15) is 4.79 Å². The highest BCUT2D eigenvalue weighted by atomic mass is 16.5. The van der Waals surface area contributed by atoms with Crippen LogP contribution in [-0.4, -0.2) is 13.1 Å². The predicted octanol–water partition coefficient (Wildman–Crippen LogP) is 1.11. The molecular weight excluding hydrogens is 154 g/mol. The van der Waals surface area contributed by atoms with Gasteiger partial charge < -0.3 is 10.5 Å². The van der Waals surface area contributed by atoms with Crippen LogP contribution in [0.1, 0.15) is 19.3 Å². The molecule has 12 heavy (non-hydrogen) atoms. The van der Waals surface area contributed by atoms with Crippen molar-refractivity contribution in [2.75, 3.05) is 7.11 Å². The van der Waals surface area contributed by atoms with Gasteiger partial charge in [0.1, 0.15) is 0 Å². The highest BCUT2D eigenvalue weighted by molar-refractivity contribution is 5.73. The summed E-state index contributed by atoms with van der Waals surface area (Å²) in [6.07, 6.45) is 6.16. The van der Waals surface area contributed by atoms with Crippen LogP contribution in [0, 0.1) is 0 Å². The summed E-state index contributed by atoms with van der Waals surface area (Å²) in [5.41, 5.74) is 7.28. The minimum atomic E-state index is -0.237. The number of hydrogen-bond donors (Lipinski definition) is 1. The predicted molar refractivity (Wildman–Crippen MR) is 46.2 cm³/mol. The first-order valence-corrected chi connectivity index (χ1v) is 3.96. The summed E-state index contributed by atoms with van der Waals surface area (Å²) < 4.78 is 4.54. The second-order valence-corrected chi connectivity index (χ2v) is 2.72. The zero-order valence-electron chi connectivity index (χ0n) is 7.17. The van der Waals surface area contributed by atoms with Crippen molar-refractivity contribution in [3.63, 3.8) is 0 Å². The SMILES string of the molecule is COC(=O)CC1=CCCC=C1N. The van der Waals surface area contributed by atoms with E-state index in [1.807, 2.05) is 12.2 Å². The van der Waals surface area contributed by atoms with Gasteiger partial charge in [0.15, 0.2) is 0 Å². The lowest BCUT2D eigenvalue weighted by Crippen LogP contribution is -2.10. The normalized spacial score (nSPS) is 16.4. The van der Waals surface area contributed by atoms with Gasteiger partial charge in [-0.2, -0.15) is 0 Å². The van der Waals surface area contributed by atoms with Gasteiger partial charge in [-0.15, -0.1) is 0 Å². The molecule has 66 valence electrons. The van der Waals surface area contributed by atoms with Gasteiger partial charge in [-0.1, -0.05) is 12.2 Å². The molecule has 0 saturated carbocycles. The molecule has 1 aliphatic carbocycles. The maximum absolute atomic E-state index is 10.9. The zero-order chi connectivity index (χ0) is 8.97. The summed E-state index contributed by atoms with van der Waals surface area (Å²) in [4.78, 5) is 10.9. The molecule has 0 unspecified atom stereocenters. The molecule has 0 aromatic carbocycles. The largest absolute Gasteiger partial charge is 0.469 e. The number of hydrogen-bond acceptors (Lipinski definition) is 3. The second kappa shape index (κ2) is 3.95. The second-order valence-electron chi connectivity index (χ2n) is 2.72. The lowest BCUT2D eigenvalue weighted by atomic mass is 10.0. The first-order valence-electron chi connectivity index (χ1n) is 3.96. The Morgan fingerprint density at radius 3 is 2.83 bits per heavy atom. The van der Waals surface area contributed by atoms with Crippen LogP contribution in [0.5, 0.6) is 0 Å². The summed E-state index contributed by atoms with van der Waals surface area (Å²) in [6, 6.07) is 0. The standard InChI is InChI=1S/C9H13NO2/c1-12-9(11)6-7-4-2-3-5-8(7)10/h4-5H,2-3,6,10H2,1H3. The van der Waals surface area contributed by atoms with Gasteiger partial charge in [-0.05, 0) is 18.4 Å². The molecule has 1 rings (SSSR count). The van der Waals surface area contributed by atoms with E-state index in [0.29, 0.717) is 12.1 Å². The quantitative estimate of drug-likeness (QED) is 0.627. The smallest absolute Gasteiger partial charge is 0.310 e. The minimum absolute atomic E-state index is 0.237. The van der Waals surface area contributed by atoms with Crippen molar-refractivity contribution >= 4 is 5.97 Å². The maximum Gasteiger partial charge on any atom is 0.310 e. The van der Waals surface area contributed by atoms with Crippen LogP contribution < -0.4 is 5.73 Å². The number of ether oxygens (including phenoxy) is 1. The van der Waals surface area contributed by atoms with Gasteiger partial charge in [0.25, 0.3) is 0 Å². The third-order valence-corrected chi connectivity index (χ3v) is 1.85. The van der Waals surface area contributed by atoms with E-state index in [1.165, 1.54) is 7.11 Å². The van der Waals surface area contributed by atoms with Crippen molar-refractivity contribution < 1.29 is 9.53 Å². The molecule has 3 nitrogen and oxygen atoms in total. The van der Waals surface area contributed by atoms with E-state index < -0.39 is 0 Å². The minimum Gasteiger partial charge on any atom is -0.469 e. The Balaban J connectivity index is 2.57. The summed E-state index contributed by atoms with van der Waals surface area (Å²) in [5.74, 6) is -0.237. The molecule has 1 aliphatic rings. The van der Waals surface area contributed by atoms with Crippen molar-refractivity contribution in [2.45, 2.75) is 19.3 Å². The molecule has 0 aromatic heterocycles. The van der Waals surface area contributed by atoms with Crippen LogP contribution in [-0.2, 0) is 9.53 Å². The van der Waals surface area contributed by atoms with Gasteiger partial charge in [-0.25, -0.2) is 0 Å². The molecule has 2 N–H and O–H groups in total. The number of rotatable bonds is 2. The van der Waals surface area contributed by atoms with Crippen LogP contribution >= 0.6 is 0 Å². The molecule has 0 saturated heterocycles. The van der Waals surface area contributed by atoms with E-state index in [1.54, 1.807) is 0 Å². The number of methoxy groups -OCH3 is 1. The fourth-order valence-corrected chi connectivity index (χ4v) is 1.15. The van der Waals surface area contributed by atoms with Crippen molar-refractivity contribution in [1.29, 1.82) is 0 Å². The monoisotopic (exact) mass is 167 g/mol. The van der Waals surface area contributed by atoms with Crippen LogP contribution in [0.4, 0.5) is 0 Å². The van der Waals surface area contributed by atoms with Gasteiger partial charge in [0.2, 0.25) is 0 Å². The fourth-order valence-electron chi connectivity index (χ4n) is 1.15. The van der Waals surface area contributed by atoms with Crippen molar-refractivity contribution in [1.82, 2.24) is 0 Å². The van der Waals surface area contributed by atoms with Gasteiger partial charge >= 0.3 is 5.97 Å². The van der Waals surface area contributed by atoms with Crippen LogP contribution in [0.15, 0.2) is 23.4 Å². The maximum atomic E-state index is 10.9. The number of nitrogens with two attached hydrogens (primary N) is 1. The molecule has 3 heteroatoms. The molecule has 0 atom stereocenters. The average molecular weight is 167 g/mol. The molecule has 0 bridgehead atoms. The Kier molecular flexibility index (Phi) is 2.91. The van der Waals surface area contributed by atoms with E-state index in [0.717, 1.165) is 18.4 Å². The Morgan fingerprint density at radius 2 is 2.25 bits per heavy atom. The van der Waals surface area contributed by atoms with Gasteiger partial charge in [0.05, 0.1) is 13.5 Å². The first-order chi connectivity index (χ1) is 5.74. The third-order valence-electron chi connectivity index (χ3n) is 1.85. The zero-order valence-corrected chi connectivity index (χ0v) is 7.17. The molecule has 0 radical (unpaired) electrons. The first kappa shape index (κ1) is 8.84. The molecule has 0 heterocycles. The van der Waals surface area contributed by atoms with Crippen molar-refractivity contribution in [3.8, 4) is 0 Å². The molecule has 0 aliphatic heterocycles. The van der Waals surface area contributed by atoms with E-state index in [2.05, 4.69) is 4.74 Å². The van der Waals surface area contributed by atoms with Crippen LogP contribution in [0.2, 0.25) is 0 Å². The molecule has 0 amide bonds. The lowest BCUT2D eigenvalue weighted by molar-refractivity contribution is -0.139. The highest BCUT2D eigenvalue weighted by Crippen LogP contribution is 2.17. The molecule has 0 fully saturated rings. The summed E-state index contributed by atoms with van der Waals surface area (Å²) in [5, 5.41) is 0. The van der Waals surface area contributed by atoms with Gasteiger partial charge in [0, 0.05) is 5.70 Å². The Morgan fingerprint density at radius 1 is 1.58 bits per heavy atom. The molecule has 0 aromatic rings. The third kappa shape index (κ3) is 2.12. The Hall–Kier alpha value is -1.25. The summed E-state index contributed by atoms with van der Waals surface area (Å²) in [6.45, 7) is 0. The Labute approximate surface area is 71.9 Å². The lowest BCUT2D eigenvalue weighted by Gasteiger charge is -2.10. The number of allylic oxidation sites excluding steroid dienone is 3. The van der Waals surface area contributed by atoms with E-state index in [-0.39, 0.29) is 5.97 Å². The highest BCUT2D eigenvalue weighted by Gasteiger charge is 2.09. The number of carbonyl (C=O) groups excluding carboxylic acids is 1. The summed E-state index contributed by atoms with van der Waals surface area (Å²) >= 11 is 0. The molecule has 0 spiro atoms. The van der Waals surface area contributed by atoms with Crippen LogP contribution in [0.25, 0.3) is 0 Å². The van der Waals surface area contributed by atoms with Crippen molar-refractivity contribution in [2.24, 2.45) is 5.73 Å². The average Bonchev–Trinajstić information content (AvgIpc) is 2.09. The number of esters is 1. The fraction of sp³-hybridized carbons (Fsp3) is 0.444. The topological polar surface area (TPSA) is 52.3 Å². The number of carbonyl (C=O) groups is 1. The van der Waals surface area contributed by atoms with E-state index >= 15 is 0 Å².